The van der Waals surface area contributed by atoms with Crippen molar-refractivity contribution in [2.24, 2.45) is 5.92 Å². The predicted octanol–water partition coefficient (Wildman–Crippen LogP) is 4.77. The van der Waals surface area contributed by atoms with Crippen LogP contribution in [0, 0.1) is 5.92 Å². The topological polar surface area (TPSA) is 36.4 Å². The first-order valence-corrected chi connectivity index (χ1v) is 9.74. The molecule has 0 radical (unpaired) electrons. The lowest BCUT2D eigenvalue weighted by atomic mass is 9.96. The molecule has 0 bridgehead atoms. The lowest BCUT2D eigenvalue weighted by Crippen LogP contribution is -2.41. The van der Waals surface area contributed by atoms with Gasteiger partial charge in [-0.3, -0.25) is 4.79 Å². The van der Waals surface area contributed by atoms with Crippen LogP contribution in [0.15, 0.2) is 42.6 Å². The Bertz CT molecular complexity index is 746. The van der Waals surface area contributed by atoms with Crippen LogP contribution in [0.5, 0.6) is 0 Å². The highest BCUT2D eigenvalue weighted by molar-refractivity contribution is 6.42. The van der Waals surface area contributed by atoms with Crippen molar-refractivity contribution in [1.29, 1.82) is 0 Å². The molecule has 1 saturated heterocycles. The van der Waals surface area contributed by atoms with Crippen LogP contribution in [-0.2, 0) is 0 Å². The quantitative estimate of drug-likeness (QED) is 0.736. The van der Waals surface area contributed by atoms with Crippen molar-refractivity contribution in [1.82, 2.24) is 9.88 Å². The first-order chi connectivity index (χ1) is 12.6. The maximum atomic E-state index is 12.8. The summed E-state index contributed by atoms with van der Waals surface area (Å²) in [6.45, 7) is 5.41. The van der Waals surface area contributed by atoms with Gasteiger partial charge < -0.3 is 9.80 Å². The van der Waals surface area contributed by atoms with Gasteiger partial charge in [-0.15, -0.1) is 0 Å². The highest BCUT2D eigenvalue weighted by Crippen LogP contribution is 2.25. The van der Waals surface area contributed by atoms with E-state index < -0.39 is 0 Å². The predicted molar refractivity (Wildman–Crippen MR) is 107 cm³/mol. The van der Waals surface area contributed by atoms with Gasteiger partial charge in [0.25, 0.3) is 5.91 Å². The number of benzene rings is 1. The van der Waals surface area contributed by atoms with Crippen molar-refractivity contribution in [2.45, 2.75) is 19.8 Å². The van der Waals surface area contributed by atoms with Gasteiger partial charge >= 0.3 is 0 Å². The molecule has 1 aliphatic heterocycles. The summed E-state index contributed by atoms with van der Waals surface area (Å²) in [7, 11) is 0. The number of rotatable bonds is 5. The maximum Gasteiger partial charge on any atom is 0.253 e. The van der Waals surface area contributed by atoms with Crippen LogP contribution in [0.4, 0.5) is 5.82 Å². The number of anilines is 1. The molecule has 138 valence electrons. The number of piperidine rings is 1. The lowest BCUT2D eigenvalue weighted by molar-refractivity contribution is 0.0729. The molecule has 0 spiro atoms. The molecule has 0 saturated carbocycles. The van der Waals surface area contributed by atoms with E-state index in [-0.39, 0.29) is 5.91 Å². The van der Waals surface area contributed by atoms with Gasteiger partial charge in [0.2, 0.25) is 0 Å². The minimum absolute atomic E-state index is 0.0122. The van der Waals surface area contributed by atoms with E-state index in [0.29, 0.717) is 28.1 Å². The van der Waals surface area contributed by atoms with E-state index >= 15 is 0 Å². The van der Waals surface area contributed by atoms with Gasteiger partial charge in [0.05, 0.1) is 10.0 Å². The Hall–Kier alpha value is -1.78. The first-order valence-electron chi connectivity index (χ1n) is 8.98. The summed E-state index contributed by atoms with van der Waals surface area (Å²) < 4.78 is 0. The standard InChI is InChI=1S/C20H23Cl2N3O/c1-2-24(20(26)16-6-7-17(21)18(22)13-16)14-15-8-11-25(12-9-15)19-5-3-4-10-23-19/h3-7,10,13,15H,2,8-9,11-12,14H2,1H3. The number of hydrogen-bond acceptors (Lipinski definition) is 3. The number of nitrogens with zero attached hydrogens (tertiary/aromatic N) is 3. The molecule has 1 aliphatic rings. The number of halogens is 2. The Morgan fingerprint density at radius 3 is 2.58 bits per heavy atom. The van der Waals surface area contributed by atoms with Crippen molar-refractivity contribution < 1.29 is 4.79 Å². The lowest BCUT2D eigenvalue weighted by Gasteiger charge is -2.35. The van der Waals surface area contributed by atoms with Gasteiger partial charge in [0.15, 0.2) is 0 Å². The Morgan fingerprint density at radius 2 is 1.96 bits per heavy atom. The minimum Gasteiger partial charge on any atom is -0.357 e. The van der Waals surface area contributed by atoms with E-state index in [1.807, 2.05) is 36.2 Å². The van der Waals surface area contributed by atoms with Crippen molar-refractivity contribution in [2.75, 3.05) is 31.1 Å². The van der Waals surface area contributed by atoms with Crippen molar-refractivity contribution in [3.8, 4) is 0 Å². The molecule has 3 rings (SSSR count). The first kappa shape index (κ1) is 19.0. The number of carbonyl (C=O) groups is 1. The summed E-state index contributed by atoms with van der Waals surface area (Å²) in [4.78, 5) is 21.4. The van der Waals surface area contributed by atoms with Gasteiger partial charge in [-0.1, -0.05) is 29.3 Å². The fraction of sp³-hybridized carbons (Fsp3) is 0.400. The van der Waals surface area contributed by atoms with Crippen LogP contribution in [0.1, 0.15) is 30.1 Å². The minimum atomic E-state index is 0.0122. The van der Waals surface area contributed by atoms with Crippen LogP contribution in [0.2, 0.25) is 10.0 Å². The van der Waals surface area contributed by atoms with E-state index in [9.17, 15) is 4.79 Å². The Balaban J connectivity index is 1.58. The summed E-state index contributed by atoms with van der Waals surface area (Å²) >= 11 is 12.0. The highest BCUT2D eigenvalue weighted by atomic mass is 35.5. The van der Waals surface area contributed by atoms with Crippen LogP contribution in [-0.4, -0.2) is 42.0 Å². The molecule has 0 unspecified atom stereocenters. The molecule has 1 amide bonds. The zero-order chi connectivity index (χ0) is 18.5. The van der Waals surface area contributed by atoms with Crippen LogP contribution >= 0.6 is 23.2 Å². The molecule has 4 nitrogen and oxygen atoms in total. The number of hydrogen-bond donors (Lipinski definition) is 0. The summed E-state index contributed by atoms with van der Waals surface area (Å²) in [5.41, 5.74) is 0.590. The van der Waals surface area contributed by atoms with Gasteiger partial charge in [0.1, 0.15) is 5.82 Å². The van der Waals surface area contributed by atoms with Crippen LogP contribution < -0.4 is 4.90 Å². The van der Waals surface area contributed by atoms with Crippen molar-refractivity contribution in [3.05, 3.63) is 58.2 Å². The van der Waals surface area contributed by atoms with Gasteiger partial charge in [-0.25, -0.2) is 4.98 Å². The molecule has 1 aromatic carbocycles. The molecule has 0 aliphatic carbocycles. The highest BCUT2D eigenvalue weighted by Gasteiger charge is 2.24. The van der Waals surface area contributed by atoms with Crippen LogP contribution in [0.3, 0.4) is 0 Å². The average Bonchev–Trinajstić information content (AvgIpc) is 2.69. The molecule has 1 aromatic heterocycles. The Labute approximate surface area is 164 Å². The molecule has 2 heterocycles. The molecule has 6 heteroatoms. The summed E-state index contributed by atoms with van der Waals surface area (Å²) in [6.07, 6.45) is 3.94. The second kappa shape index (κ2) is 8.74. The fourth-order valence-electron chi connectivity index (χ4n) is 3.36. The Morgan fingerprint density at radius 1 is 1.19 bits per heavy atom. The van der Waals surface area contributed by atoms with E-state index in [0.717, 1.165) is 38.3 Å². The van der Waals surface area contributed by atoms with E-state index in [1.165, 1.54) is 0 Å². The molecule has 0 N–H and O–H groups in total. The zero-order valence-electron chi connectivity index (χ0n) is 14.9. The largest absolute Gasteiger partial charge is 0.357 e. The number of pyridine rings is 1. The maximum absolute atomic E-state index is 12.8. The number of carbonyl (C=O) groups excluding carboxylic acids is 1. The summed E-state index contributed by atoms with van der Waals surface area (Å²) in [6, 6.07) is 11.1. The molecule has 26 heavy (non-hydrogen) atoms. The summed E-state index contributed by atoms with van der Waals surface area (Å²) in [5.74, 6) is 1.55. The third-order valence-electron chi connectivity index (χ3n) is 4.90. The van der Waals surface area contributed by atoms with Gasteiger partial charge in [-0.05, 0) is 56.0 Å². The SMILES string of the molecule is CCN(CC1CCN(c2ccccn2)CC1)C(=O)c1ccc(Cl)c(Cl)c1. The smallest absolute Gasteiger partial charge is 0.253 e. The molecular formula is C20H23Cl2N3O. The summed E-state index contributed by atoms with van der Waals surface area (Å²) in [5, 5.41) is 0.880. The Kier molecular flexibility index (Phi) is 6.38. The third-order valence-corrected chi connectivity index (χ3v) is 5.64. The monoisotopic (exact) mass is 391 g/mol. The average molecular weight is 392 g/mol. The molecular weight excluding hydrogens is 369 g/mol. The van der Waals surface area contributed by atoms with Crippen LogP contribution in [0.25, 0.3) is 0 Å². The third kappa shape index (κ3) is 4.49. The van der Waals surface area contributed by atoms with Crippen molar-refractivity contribution >= 4 is 34.9 Å². The second-order valence-corrected chi connectivity index (χ2v) is 7.41. The zero-order valence-corrected chi connectivity index (χ0v) is 16.4. The van der Waals surface area contributed by atoms with E-state index in [1.54, 1.807) is 18.2 Å². The van der Waals surface area contributed by atoms with Gasteiger partial charge in [-0.2, -0.15) is 0 Å². The fourth-order valence-corrected chi connectivity index (χ4v) is 3.66. The number of amides is 1. The number of aromatic nitrogens is 1. The molecule has 2 aromatic rings. The second-order valence-electron chi connectivity index (χ2n) is 6.59. The normalized spacial score (nSPS) is 15.1. The van der Waals surface area contributed by atoms with Gasteiger partial charge in [0, 0.05) is 37.9 Å². The van der Waals surface area contributed by atoms with E-state index in [4.69, 9.17) is 23.2 Å². The van der Waals surface area contributed by atoms with Crippen molar-refractivity contribution in [3.63, 3.8) is 0 Å². The molecule has 0 atom stereocenters. The molecule has 1 fully saturated rings. The van der Waals surface area contributed by atoms with E-state index in [2.05, 4.69) is 9.88 Å².